The second-order valence-electron chi connectivity index (χ2n) is 2.51. The van der Waals surface area contributed by atoms with Gasteiger partial charge in [0.05, 0.1) is 6.61 Å². The van der Waals surface area contributed by atoms with Gasteiger partial charge in [-0.15, -0.1) is 0 Å². The molecule has 0 aliphatic carbocycles. The number of carboxylic acids is 1. The quantitative estimate of drug-likeness (QED) is 0.256. The van der Waals surface area contributed by atoms with E-state index in [1.165, 1.54) is 0 Å². The summed E-state index contributed by atoms with van der Waals surface area (Å²) in [5.41, 5.74) is 0. The number of aliphatic carboxylic acids is 1. The Morgan fingerprint density at radius 3 is 1.73 bits per heavy atom. The summed E-state index contributed by atoms with van der Waals surface area (Å²) in [5.74, 6) is -1.73. The Labute approximate surface area is 107 Å². The summed E-state index contributed by atoms with van der Waals surface area (Å²) < 4.78 is 0. The molecule has 0 amide bonds. The third-order valence-corrected chi connectivity index (χ3v) is 1.51. The number of aliphatic hydroxyl groups excluding tert-OH is 5. The monoisotopic (exact) mass is 236 g/mol. The number of carbonyl (C=O) groups is 1. The van der Waals surface area contributed by atoms with Crippen molar-refractivity contribution in [3.63, 3.8) is 0 Å². The van der Waals surface area contributed by atoms with Gasteiger partial charge in [-0.1, -0.05) is 0 Å². The molecule has 0 saturated heterocycles. The predicted molar refractivity (Wildman–Crippen MR) is 40.7 cm³/mol. The second kappa shape index (κ2) is 9.46. The summed E-state index contributed by atoms with van der Waals surface area (Å²) in [6, 6.07) is 0. The van der Waals surface area contributed by atoms with Crippen LogP contribution < -0.4 is 29.6 Å². The van der Waals surface area contributed by atoms with E-state index in [1.54, 1.807) is 0 Å². The van der Waals surface area contributed by atoms with Crippen molar-refractivity contribution in [1.29, 1.82) is 0 Å². The molecule has 0 spiro atoms. The van der Waals surface area contributed by atoms with Crippen LogP contribution in [0.5, 0.6) is 0 Å². The maximum Gasteiger partial charge on any atom is 1.00 e. The van der Waals surface area contributed by atoms with Crippen LogP contribution in [0.1, 0.15) is 0 Å². The molecule has 8 nitrogen and oxygen atoms in total. The average Bonchev–Trinajstić information content (AvgIpc) is 2.12. The molecule has 0 saturated carbocycles. The zero-order chi connectivity index (χ0) is 10.6. The molecule has 0 unspecified atom stereocenters. The van der Waals surface area contributed by atoms with Gasteiger partial charge >= 0.3 is 35.5 Å². The van der Waals surface area contributed by atoms with E-state index < -0.39 is 37.0 Å². The fourth-order valence-corrected chi connectivity index (χ4v) is 0.668. The molecule has 0 aromatic rings. The number of hydrogen-bond acceptors (Lipinski definition) is 7. The van der Waals surface area contributed by atoms with Gasteiger partial charge in [0.25, 0.3) is 0 Å². The number of carboxylic acid groups (broad SMARTS) is 1. The smallest absolute Gasteiger partial charge is 0.870 e. The molecule has 0 aliphatic rings. The van der Waals surface area contributed by atoms with Crippen LogP contribution in [0.2, 0.25) is 0 Å². The van der Waals surface area contributed by atoms with E-state index in [4.69, 9.17) is 30.6 Å². The SMILES string of the molecule is O=C(O)[C@H](O)[C@@H](O)[C@H](O)[C@H](O)CO.[Na+].[OH-]. The van der Waals surface area contributed by atoms with Gasteiger partial charge in [-0.25, -0.2) is 4.79 Å². The summed E-state index contributed by atoms with van der Waals surface area (Å²) in [6.07, 6.45) is -7.84. The normalized spacial score (nSPS) is 17.7. The molecule has 0 aliphatic heterocycles. The van der Waals surface area contributed by atoms with Crippen LogP contribution in [-0.2, 0) is 4.79 Å². The van der Waals surface area contributed by atoms with Crippen molar-refractivity contribution in [3.05, 3.63) is 0 Å². The van der Waals surface area contributed by atoms with E-state index in [0.717, 1.165) is 0 Å². The van der Waals surface area contributed by atoms with Gasteiger partial charge < -0.3 is 36.1 Å². The van der Waals surface area contributed by atoms with Crippen molar-refractivity contribution in [3.8, 4) is 0 Å². The Morgan fingerprint density at radius 2 is 1.47 bits per heavy atom. The van der Waals surface area contributed by atoms with Gasteiger partial charge in [-0.2, -0.15) is 0 Å². The first kappa shape index (κ1) is 20.6. The summed E-state index contributed by atoms with van der Waals surface area (Å²) in [6.45, 7) is -0.843. The molecule has 4 atom stereocenters. The van der Waals surface area contributed by atoms with Crippen molar-refractivity contribution in [1.82, 2.24) is 0 Å². The topological polar surface area (TPSA) is 168 Å². The number of rotatable bonds is 5. The van der Waals surface area contributed by atoms with E-state index in [1.807, 2.05) is 0 Å². The van der Waals surface area contributed by atoms with Crippen molar-refractivity contribution in [2.24, 2.45) is 0 Å². The first-order valence-electron chi connectivity index (χ1n) is 3.47. The largest absolute Gasteiger partial charge is 1.00 e. The van der Waals surface area contributed by atoms with Crippen LogP contribution in [0.4, 0.5) is 0 Å². The van der Waals surface area contributed by atoms with Crippen LogP contribution in [0.15, 0.2) is 0 Å². The third kappa shape index (κ3) is 6.40. The van der Waals surface area contributed by atoms with E-state index in [0.29, 0.717) is 0 Å². The van der Waals surface area contributed by atoms with Gasteiger partial charge in [-0.05, 0) is 0 Å². The Morgan fingerprint density at radius 1 is 1.07 bits per heavy atom. The zero-order valence-corrected chi connectivity index (χ0v) is 10.1. The van der Waals surface area contributed by atoms with Gasteiger partial charge in [0.15, 0.2) is 6.10 Å². The van der Waals surface area contributed by atoms with E-state index in [9.17, 15) is 4.79 Å². The molecule has 0 rings (SSSR count). The molecule has 9 heteroatoms. The van der Waals surface area contributed by atoms with Crippen LogP contribution in [-0.4, -0.2) is 73.1 Å². The Kier molecular flexibility index (Phi) is 13.0. The average molecular weight is 236 g/mol. The molecule has 0 bridgehead atoms. The minimum absolute atomic E-state index is 0. The first-order valence-corrected chi connectivity index (χ1v) is 3.47. The number of aliphatic hydroxyl groups is 5. The van der Waals surface area contributed by atoms with Crippen molar-refractivity contribution < 1.29 is 70.5 Å². The van der Waals surface area contributed by atoms with Crippen LogP contribution >= 0.6 is 0 Å². The van der Waals surface area contributed by atoms with Crippen LogP contribution in [0.3, 0.4) is 0 Å². The van der Waals surface area contributed by atoms with E-state index in [-0.39, 0.29) is 35.0 Å². The fraction of sp³-hybridized carbons (Fsp3) is 0.833. The summed E-state index contributed by atoms with van der Waals surface area (Å²) >= 11 is 0. The minimum atomic E-state index is -2.20. The van der Waals surface area contributed by atoms with Gasteiger partial charge in [-0.3, -0.25) is 0 Å². The second-order valence-corrected chi connectivity index (χ2v) is 2.51. The zero-order valence-electron chi connectivity index (χ0n) is 8.06. The third-order valence-electron chi connectivity index (χ3n) is 1.51. The summed E-state index contributed by atoms with van der Waals surface area (Å²) in [7, 11) is 0. The summed E-state index contributed by atoms with van der Waals surface area (Å²) in [4.78, 5) is 10.1. The molecule has 0 aromatic carbocycles. The standard InChI is InChI=1S/C6H12O7.Na.H2O/c7-1-2(8)3(9)4(10)5(11)6(12)13;;/h2-5,7-11H,1H2,(H,12,13);;1H2/q;+1;/p-1/t2-,3-,4+,5-;;/m1../s1. The molecule has 0 heterocycles. The van der Waals surface area contributed by atoms with E-state index >= 15 is 0 Å². The first-order chi connectivity index (χ1) is 5.91. The van der Waals surface area contributed by atoms with E-state index in [2.05, 4.69) is 0 Å². The maximum absolute atomic E-state index is 10.1. The maximum atomic E-state index is 10.1. The number of hydrogen-bond donors (Lipinski definition) is 6. The van der Waals surface area contributed by atoms with Crippen LogP contribution in [0, 0.1) is 0 Å². The van der Waals surface area contributed by atoms with Gasteiger partial charge in [0.1, 0.15) is 18.3 Å². The Hall–Kier alpha value is 0.230. The van der Waals surface area contributed by atoms with Gasteiger partial charge in [0, 0.05) is 0 Å². The summed E-state index contributed by atoms with van der Waals surface area (Å²) in [5, 5.41) is 51.8. The van der Waals surface area contributed by atoms with Crippen molar-refractivity contribution >= 4 is 5.97 Å². The Balaban J connectivity index is -0.000000720. The minimum Gasteiger partial charge on any atom is -0.870 e. The molecule has 86 valence electrons. The fourth-order valence-electron chi connectivity index (χ4n) is 0.668. The van der Waals surface area contributed by atoms with Crippen molar-refractivity contribution in [2.45, 2.75) is 24.4 Å². The molecular weight excluding hydrogens is 223 g/mol. The molecule has 0 radical (unpaired) electrons. The molecule has 0 fully saturated rings. The molecular formula is C6H13NaO8. The van der Waals surface area contributed by atoms with Gasteiger partial charge in [0.2, 0.25) is 0 Å². The predicted octanol–water partition coefficient (Wildman–Crippen LogP) is -6.67. The molecule has 7 N–H and O–H groups in total. The van der Waals surface area contributed by atoms with Crippen molar-refractivity contribution in [2.75, 3.05) is 6.61 Å². The molecule has 15 heavy (non-hydrogen) atoms. The Bertz CT molecular complexity index is 177. The van der Waals surface area contributed by atoms with Crippen LogP contribution in [0.25, 0.3) is 0 Å². The molecule has 0 aromatic heterocycles.